The van der Waals surface area contributed by atoms with Crippen LogP contribution in [0.3, 0.4) is 0 Å². The fraction of sp³-hybridized carbons (Fsp3) is 0.467. The van der Waals surface area contributed by atoms with Crippen molar-refractivity contribution in [2.75, 3.05) is 0 Å². The lowest BCUT2D eigenvalue weighted by atomic mass is 10.1. The van der Waals surface area contributed by atoms with Gasteiger partial charge in [-0.15, -0.1) is 0 Å². The number of carbonyl (C=O) groups is 1. The van der Waals surface area contributed by atoms with E-state index in [1.165, 1.54) is 25.7 Å². The molecule has 2 aliphatic carbocycles. The summed E-state index contributed by atoms with van der Waals surface area (Å²) in [5, 5.41) is 9.02. The first-order chi connectivity index (χ1) is 9.24. The highest BCUT2D eigenvalue weighted by Crippen LogP contribution is 2.52. The van der Waals surface area contributed by atoms with Crippen molar-refractivity contribution in [2.45, 2.75) is 31.7 Å². The molecule has 1 aromatic heterocycles. The Morgan fingerprint density at radius 2 is 1.95 bits per heavy atom. The second-order valence-corrected chi connectivity index (χ2v) is 5.83. The molecule has 0 spiro atoms. The lowest BCUT2D eigenvalue weighted by Gasteiger charge is -2.18. The summed E-state index contributed by atoms with van der Waals surface area (Å²) in [6.07, 6.45) is 7.21. The number of nitrogens with zero attached hydrogens (tertiary/aromatic N) is 2. The maximum atomic E-state index is 11.0. The number of aromatic carboxylic acids is 1. The number of benzene rings is 1. The summed E-state index contributed by atoms with van der Waals surface area (Å²) in [5.41, 5.74) is 2.19. The molecule has 2 aliphatic rings. The summed E-state index contributed by atoms with van der Waals surface area (Å²) < 4.78 is 2.29. The van der Waals surface area contributed by atoms with Gasteiger partial charge in [0.1, 0.15) is 0 Å². The monoisotopic (exact) mass is 256 g/mol. The van der Waals surface area contributed by atoms with Crippen LogP contribution in [-0.2, 0) is 0 Å². The normalized spacial score (nSPS) is 19.2. The Balaban J connectivity index is 1.79. The van der Waals surface area contributed by atoms with Gasteiger partial charge in [0.2, 0.25) is 0 Å². The van der Waals surface area contributed by atoms with E-state index in [9.17, 15) is 4.79 Å². The molecule has 0 radical (unpaired) electrons. The summed E-state index contributed by atoms with van der Waals surface area (Å²) in [6, 6.07) is 5.84. The summed E-state index contributed by atoms with van der Waals surface area (Å²) in [7, 11) is 0. The van der Waals surface area contributed by atoms with Crippen LogP contribution in [0.1, 0.15) is 42.1 Å². The third-order valence-corrected chi connectivity index (χ3v) is 4.35. The summed E-state index contributed by atoms with van der Waals surface area (Å²) >= 11 is 0. The Hall–Kier alpha value is -1.84. The standard InChI is InChI=1S/C15H16N2O2/c18-15(19)11-5-6-13-12(7-11)16-8-17(13)14(9-1-2-9)10-3-4-10/h5-10,14H,1-4H2,(H,18,19). The van der Waals surface area contributed by atoms with E-state index in [4.69, 9.17) is 5.11 Å². The maximum absolute atomic E-state index is 11.0. The highest BCUT2D eigenvalue weighted by Gasteiger charge is 2.42. The van der Waals surface area contributed by atoms with Crippen LogP contribution in [0.5, 0.6) is 0 Å². The topological polar surface area (TPSA) is 55.1 Å². The number of hydrogen-bond acceptors (Lipinski definition) is 2. The number of carboxylic acid groups (broad SMARTS) is 1. The van der Waals surface area contributed by atoms with E-state index in [1.54, 1.807) is 12.1 Å². The van der Waals surface area contributed by atoms with Gasteiger partial charge in [-0.3, -0.25) is 0 Å². The van der Waals surface area contributed by atoms with Crippen LogP contribution < -0.4 is 0 Å². The molecule has 0 unspecified atom stereocenters. The van der Waals surface area contributed by atoms with Gasteiger partial charge in [-0.1, -0.05) is 0 Å². The molecule has 0 bridgehead atoms. The van der Waals surface area contributed by atoms with Crippen LogP contribution >= 0.6 is 0 Å². The molecule has 0 saturated heterocycles. The van der Waals surface area contributed by atoms with Gasteiger partial charge in [-0.2, -0.15) is 0 Å². The van der Waals surface area contributed by atoms with E-state index < -0.39 is 5.97 Å². The van der Waals surface area contributed by atoms with E-state index in [1.807, 2.05) is 12.4 Å². The minimum Gasteiger partial charge on any atom is -0.478 e. The van der Waals surface area contributed by atoms with Gasteiger partial charge in [0, 0.05) is 6.04 Å². The lowest BCUT2D eigenvalue weighted by Crippen LogP contribution is -2.12. The molecule has 0 atom stereocenters. The largest absolute Gasteiger partial charge is 0.478 e. The molecular formula is C15H16N2O2. The van der Waals surface area contributed by atoms with E-state index >= 15 is 0 Å². The van der Waals surface area contributed by atoms with Gasteiger partial charge in [0.25, 0.3) is 0 Å². The van der Waals surface area contributed by atoms with Crippen LogP contribution in [0.15, 0.2) is 24.5 Å². The predicted octanol–water partition coefficient (Wildman–Crippen LogP) is 3.10. The second kappa shape index (κ2) is 3.83. The van der Waals surface area contributed by atoms with Crippen LogP contribution in [0.25, 0.3) is 11.0 Å². The quantitative estimate of drug-likeness (QED) is 0.914. The molecule has 1 N–H and O–H groups in total. The number of aromatic nitrogens is 2. The Kier molecular flexibility index (Phi) is 2.22. The van der Waals surface area contributed by atoms with Crippen LogP contribution in [0, 0.1) is 11.8 Å². The zero-order valence-corrected chi connectivity index (χ0v) is 10.6. The SMILES string of the molecule is O=C(O)c1ccc2c(c1)ncn2C(C1CC1)C1CC1. The van der Waals surface area contributed by atoms with Gasteiger partial charge < -0.3 is 9.67 Å². The molecule has 4 nitrogen and oxygen atoms in total. The Morgan fingerprint density at radius 3 is 2.53 bits per heavy atom. The van der Waals surface area contributed by atoms with Gasteiger partial charge in [-0.05, 0) is 55.7 Å². The van der Waals surface area contributed by atoms with Crippen molar-refractivity contribution in [1.82, 2.24) is 9.55 Å². The molecular weight excluding hydrogens is 240 g/mol. The third-order valence-electron chi connectivity index (χ3n) is 4.35. The highest BCUT2D eigenvalue weighted by atomic mass is 16.4. The fourth-order valence-corrected chi connectivity index (χ4v) is 3.12. The van der Waals surface area contributed by atoms with Crippen molar-refractivity contribution < 1.29 is 9.90 Å². The molecule has 1 aromatic carbocycles. The van der Waals surface area contributed by atoms with Crippen LogP contribution in [-0.4, -0.2) is 20.6 Å². The van der Waals surface area contributed by atoms with Crippen molar-refractivity contribution in [1.29, 1.82) is 0 Å². The van der Waals surface area contributed by atoms with Crippen LogP contribution in [0.4, 0.5) is 0 Å². The van der Waals surface area contributed by atoms with Gasteiger partial charge in [0.15, 0.2) is 0 Å². The molecule has 19 heavy (non-hydrogen) atoms. The molecule has 4 heteroatoms. The zero-order chi connectivity index (χ0) is 13.0. The Labute approximate surface area is 111 Å². The fourth-order valence-electron chi connectivity index (χ4n) is 3.12. The van der Waals surface area contributed by atoms with Gasteiger partial charge in [-0.25, -0.2) is 9.78 Å². The summed E-state index contributed by atoms with van der Waals surface area (Å²) in [6.45, 7) is 0. The van der Waals surface area contributed by atoms with E-state index in [0.29, 0.717) is 11.6 Å². The van der Waals surface area contributed by atoms with E-state index in [-0.39, 0.29) is 0 Å². The number of hydrogen-bond donors (Lipinski definition) is 1. The lowest BCUT2D eigenvalue weighted by molar-refractivity contribution is 0.0697. The molecule has 98 valence electrons. The second-order valence-electron chi connectivity index (χ2n) is 5.83. The first-order valence-corrected chi connectivity index (χ1v) is 6.94. The Bertz CT molecular complexity index is 641. The first-order valence-electron chi connectivity index (χ1n) is 6.94. The third kappa shape index (κ3) is 1.82. The number of rotatable bonds is 4. The summed E-state index contributed by atoms with van der Waals surface area (Å²) in [4.78, 5) is 15.4. The van der Waals surface area contributed by atoms with E-state index in [0.717, 1.165) is 22.9 Å². The van der Waals surface area contributed by atoms with Crippen molar-refractivity contribution in [3.8, 4) is 0 Å². The number of carboxylic acids is 1. The number of fused-ring (bicyclic) bond motifs is 1. The molecule has 2 fully saturated rings. The average Bonchev–Trinajstić information content (AvgIpc) is 3.29. The smallest absolute Gasteiger partial charge is 0.335 e. The molecule has 2 saturated carbocycles. The van der Waals surface area contributed by atoms with Crippen molar-refractivity contribution >= 4 is 17.0 Å². The van der Waals surface area contributed by atoms with Crippen molar-refractivity contribution in [3.63, 3.8) is 0 Å². The van der Waals surface area contributed by atoms with Gasteiger partial charge >= 0.3 is 5.97 Å². The van der Waals surface area contributed by atoms with Crippen molar-refractivity contribution in [2.24, 2.45) is 11.8 Å². The zero-order valence-electron chi connectivity index (χ0n) is 10.6. The van der Waals surface area contributed by atoms with Crippen LogP contribution in [0.2, 0.25) is 0 Å². The molecule has 0 amide bonds. The highest BCUT2D eigenvalue weighted by molar-refractivity contribution is 5.92. The van der Waals surface area contributed by atoms with Crippen molar-refractivity contribution in [3.05, 3.63) is 30.1 Å². The maximum Gasteiger partial charge on any atom is 0.335 e. The van der Waals surface area contributed by atoms with Gasteiger partial charge in [0.05, 0.1) is 22.9 Å². The minimum absolute atomic E-state index is 0.312. The van der Waals surface area contributed by atoms with E-state index in [2.05, 4.69) is 9.55 Å². The predicted molar refractivity (Wildman–Crippen MR) is 71.2 cm³/mol. The Morgan fingerprint density at radius 1 is 1.26 bits per heavy atom. The molecule has 0 aliphatic heterocycles. The molecule has 2 aromatic rings. The molecule has 4 rings (SSSR count). The molecule has 1 heterocycles. The number of imidazole rings is 1. The summed E-state index contributed by atoms with van der Waals surface area (Å²) in [5.74, 6) is 0.727. The first kappa shape index (κ1) is 11.0. The average molecular weight is 256 g/mol. The minimum atomic E-state index is -0.891.